The van der Waals surface area contributed by atoms with E-state index in [1.807, 2.05) is 12.4 Å². The van der Waals surface area contributed by atoms with Crippen molar-refractivity contribution in [2.45, 2.75) is 38.5 Å². The zero-order valence-corrected chi connectivity index (χ0v) is 7.29. The fourth-order valence-corrected chi connectivity index (χ4v) is 1.81. The third kappa shape index (κ3) is 1.63. The second kappa shape index (κ2) is 3.65. The fraction of sp³-hybridized carbons (Fsp3) is 0.600. The molecule has 0 bridgehead atoms. The molecule has 0 saturated carbocycles. The first-order valence-electron chi connectivity index (χ1n) is 4.75. The Bertz CT molecular complexity index is 231. The molecule has 0 saturated heterocycles. The molecule has 0 N–H and O–H groups in total. The van der Waals surface area contributed by atoms with Crippen molar-refractivity contribution in [2.24, 2.45) is 0 Å². The standard InChI is InChI=1S/C10H14N2/c1-2-4-6-10-8-12-11-7-9(10)5-3-1/h7-8H,1-6H2. The first-order chi connectivity index (χ1) is 5.97. The highest BCUT2D eigenvalue weighted by Crippen LogP contribution is 2.17. The second-order valence-corrected chi connectivity index (χ2v) is 3.45. The minimum absolute atomic E-state index is 1.20. The molecule has 0 atom stereocenters. The van der Waals surface area contributed by atoms with Gasteiger partial charge in [0.15, 0.2) is 0 Å². The summed E-state index contributed by atoms with van der Waals surface area (Å²) in [7, 11) is 0. The number of fused-ring (bicyclic) bond motifs is 1. The minimum atomic E-state index is 1.20. The van der Waals surface area contributed by atoms with Crippen LogP contribution >= 0.6 is 0 Å². The Hall–Kier alpha value is -0.920. The molecule has 0 amide bonds. The van der Waals surface area contributed by atoms with Gasteiger partial charge in [0.25, 0.3) is 0 Å². The number of aryl methyl sites for hydroxylation is 2. The van der Waals surface area contributed by atoms with Gasteiger partial charge in [-0.3, -0.25) is 0 Å². The van der Waals surface area contributed by atoms with Crippen molar-refractivity contribution in [3.63, 3.8) is 0 Å². The summed E-state index contributed by atoms with van der Waals surface area (Å²) in [5, 5.41) is 7.84. The fourth-order valence-electron chi connectivity index (χ4n) is 1.81. The zero-order chi connectivity index (χ0) is 8.23. The van der Waals surface area contributed by atoms with Gasteiger partial charge < -0.3 is 0 Å². The Kier molecular flexibility index (Phi) is 2.35. The van der Waals surface area contributed by atoms with Crippen LogP contribution in [0.1, 0.15) is 36.8 Å². The third-order valence-electron chi connectivity index (χ3n) is 2.55. The lowest BCUT2D eigenvalue weighted by Gasteiger charge is -2.11. The molecular formula is C10H14N2. The van der Waals surface area contributed by atoms with Crippen LogP contribution in [0, 0.1) is 0 Å². The number of hydrogen-bond acceptors (Lipinski definition) is 2. The van der Waals surface area contributed by atoms with E-state index in [2.05, 4.69) is 10.2 Å². The van der Waals surface area contributed by atoms with Gasteiger partial charge in [0.1, 0.15) is 0 Å². The molecule has 0 aliphatic heterocycles. The highest BCUT2D eigenvalue weighted by Gasteiger charge is 2.05. The zero-order valence-electron chi connectivity index (χ0n) is 7.29. The Labute approximate surface area is 73.0 Å². The van der Waals surface area contributed by atoms with Gasteiger partial charge in [-0.15, -0.1) is 0 Å². The summed E-state index contributed by atoms with van der Waals surface area (Å²) in [6.45, 7) is 0. The Morgan fingerprint density at radius 1 is 0.750 bits per heavy atom. The van der Waals surface area contributed by atoms with Crippen molar-refractivity contribution in [2.75, 3.05) is 0 Å². The van der Waals surface area contributed by atoms with Crippen molar-refractivity contribution in [1.82, 2.24) is 10.2 Å². The number of nitrogens with zero attached hydrogens (tertiary/aromatic N) is 2. The van der Waals surface area contributed by atoms with Crippen molar-refractivity contribution in [3.05, 3.63) is 23.5 Å². The number of hydrogen-bond donors (Lipinski definition) is 0. The van der Waals surface area contributed by atoms with Gasteiger partial charge >= 0.3 is 0 Å². The van der Waals surface area contributed by atoms with E-state index in [0.717, 1.165) is 0 Å². The average Bonchev–Trinajstić information content (AvgIpc) is 2.06. The van der Waals surface area contributed by atoms with E-state index in [9.17, 15) is 0 Å². The normalized spacial score (nSPS) is 17.7. The van der Waals surface area contributed by atoms with Crippen LogP contribution in [0.25, 0.3) is 0 Å². The SMILES string of the molecule is c1nncc2c1CCCCCC2. The summed E-state index contributed by atoms with van der Waals surface area (Å²) in [5.74, 6) is 0. The molecule has 0 unspecified atom stereocenters. The smallest absolute Gasteiger partial charge is 0.0530 e. The largest absolute Gasteiger partial charge is 0.159 e. The summed E-state index contributed by atoms with van der Waals surface area (Å²) in [6, 6.07) is 0. The van der Waals surface area contributed by atoms with Gasteiger partial charge in [0, 0.05) is 0 Å². The molecule has 1 aliphatic carbocycles. The summed E-state index contributed by atoms with van der Waals surface area (Å²) in [5.41, 5.74) is 2.84. The van der Waals surface area contributed by atoms with Crippen LogP contribution in [0.5, 0.6) is 0 Å². The molecule has 2 nitrogen and oxygen atoms in total. The van der Waals surface area contributed by atoms with E-state index in [1.54, 1.807) is 0 Å². The van der Waals surface area contributed by atoms with E-state index in [0.29, 0.717) is 0 Å². The van der Waals surface area contributed by atoms with E-state index < -0.39 is 0 Å². The molecule has 0 fully saturated rings. The number of rotatable bonds is 0. The summed E-state index contributed by atoms with van der Waals surface area (Å²) in [6.07, 6.45) is 11.7. The highest BCUT2D eigenvalue weighted by molar-refractivity contribution is 5.21. The quantitative estimate of drug-likeness (QED) is 0.584. The Balaban J connectivity index is 2.24. The lowest BCUT2D eigenvalue weighted by atomic mass is 9.96. The molecule has 64 valence electrons. The van der Waals surface area contributed by atoms with Crippen LogP contribution in [0.15, 0.2) is 12.4 Å². The van der Waals surface area contributed by atoms with E-state index in [1.165, 1.54) is 49.7 Å². The molecule has 2 rings (SSSR count). The second-order valence-electron chi connectivity index (χ2n) is 3.45. The minimum Gasteiger partial charge on any atom is -0.159 e. The summed E-state index contributed by atoms with van der Waals surface area (Å²) < 4.78 is 0. The highest BCUT2D eigenvalue weighted by atomic mass is 15.1. The Morgan fingerprint density at radius 2 is 1.25 bits per heavy atom. The van der Waals surface area contributed by atoms with Gasteiger partial charge in [-0.1, -0.05) is 12.8 Å². The molecule has 0 aromatic carbocycles. The van der Waals surface area contributed by atoms with Gasteiger partial charge in [-0.2, -0.15) is 10.2 Å². The van der Waals surface area contributed by atoms with Crippen LogP contribution in [-0.2, 0) is 12.8 Å². The van der Waals surface area contributed by atoms with Crippen molar-refractivity contribution >= 4 is 0 Å². The van der Waals surface area contributed by atoms with Gasteiger partial charge in [-0.25, -0.2) is 0 Å². The first kappa shape index (κ1) is 7.71. The lowest BCUT2D eigenvalue weighted by molar-refractivity contribution is 0.612. The maximum Gasteiger partial charge on any atom is 0.0530 e. The molecule has 12 heavy (non-hydrogen) atoms. The van der Waals surface area contributed by atoms with E-state index in [4.69, 9.17) is 0 Å². The topological polar surface area (TPSA) is 25.8 Å². The van der Waals surface area contributed by atoms with Crippen molar-refractivity contribution in [1.29, 1.82) is 0 Å². The van der Waals surface area contributed by atoms with E-state index in [-0.39, 0.29) is 0 Å². The van der Waals surface area contributed by atoms with Crippen LogP contribution < -0.4 is 0 Å². The van der Waals surface area contributed by atoms with Gasteiger partial charge in [-0.05, 0) is 36.8 Å². The molecule has 0 radical (unpaired) electrons. The first-order valence-corrected chi connectivity index (χ1v) is 4.75. The molecular weight excluding hydrogens is 148 g/mol. The maximum absolute atomic E-state index is 3.92. The molecule has 1 aromatic rings. The van der Waals surface area contributed by atoms with Crippen LogP contribution in [0.3, 0.4) is 0 Å². The summed E-state index contributed by atoms with van der Waals surface area (Å²) in [4.78, 5) is 0. The maximum atomic E-state index is 3.92. The molecule has 0 spiro atoms. The van der Waals surface area contributed by atoms with Crippen molar-refractivity contribution < 1.29 is 0 Å². The molecule has 1 aromatic heterocycles. The Morgan fingerprint density at radius 3 is 1.75 bits per heavy atom. The summed E-state index contributed by atoms with van der Waals surface area (Å²) >= 11 is 0. The van der Waals surface area contributed by atoms with Crippen LogP contribution in [-0.4, -0.2) is 10.2 Å². The van der Waals surface area contributed by atoms with E-state index >= 15 is 0 Å². The molecule has 1 aliphatic rings. The third-order valence-corrected chi connectivity index (χ3v) is 2.55. The average molecular weight is 162 g/mol. The predicted molar refractivity (Wildman–Crippen MR) is 47.9 cm³/mol. The number of aromatic nitrogens is 2. The predicted octanol–water partition coefficient (Wildman–Crippen LogP) is 2.14. The van der Waals surface area contributed by atoms with Crippen molar-refractivity contribution in [3.8, 4) is 0 Å². The van der Waals surface area contributed by atoms with Crippen LogP contribution in [0.4, 0.5) is 0 Å². The molecule has 1 heterocycles. The van der Waals surface area contributed by atoms with Gasteiger partial charge in [0.2, 0.25) is 0 Å². The van der Waals surface area contributed by atoms with Gasteiger partial charge in [0.05, 0.1) is 12.4 Å². The lowest BCUT2D eigenvalue weighted by Crippen LogP contribution is -2.01. The monoisotopic (exact) mass is 162 g/mol. The molecule has 2 heteroatoms. The van der Waals surface area contributed by atoms with Crippen LogP contribution in [0.2, 0.25) is 0 Å².